The van der Waals surface area contributed by atoms with Crippen LogP contribution in [0.3, 0.4) is 0 Å². The van der Waals surface area contributed by atoms with Crippen molar-refractivity contribution in [3.05, 3.63) is 63.6 Å². The van der Waals surface area contributed by atoms with E-state index in [1.165, 1.54) is 11.3 Å². The predicted molar refractivity (Wildman–Crippen MR) is 121 cm³/mol. The molecule has 2 amide bonds. The SMILES string of the molecule is CCOc1ccccc1C(=O)Nc1nnc([C@H]2CC(=O)N(c3ccc(C)c(Cl)c3)C2)s1. The molecule has 0 spiro atoms. The Morgan fingerprint density at radius 1 is 1.29 bits per heavy atom. The fourth-order valence-corrected chi connectivity index (χ4v) is 4.43. The summed E-state index contributed by atoms with van der Waals surface area (Å²) in [5.74, 6) is 0.119. The maximum absolute atomic E-state index is 12.7. The first-order valence-electron chi connectivity index (χ1n) is 9.89. The molecule has 0 bridgehead atoms. The highest BCUT2D eigenvalue weighted by Crippen LogP contribution is 2.35. The molecule has 2 aromatic carbocycles. The summed E-state index contributed by atoms with van der Waals surface area (Å²) in [6.07, 6.45) is 0.335. The smallest absolute Gasteiger partial charge is 0.261 e. The van der Waals surface area contributed by atoms with Crippen LogP contribution in [0.4, 0.5) is 10.8 Å². The van der Waals surface area contributed by atoms with E-state index in [9.17, 15) is 9.59 Å². The summed E-state index contributed by atoms with van der Waals surface area (Å²) < 4.78 is 5.52. The first-order valence-corrected chi connectivity index (χ1v) is 11.1. The summed E-state index contributed by atoms with van der Waals surface area (Å²) in [5, 5.41) is 12.8. The largest absolute Gasteiger partial charge is 0.493 e. The highest BCUT2D eigenvalue weighted by molar-refractivity contribution is 7.15. The van der Waals surface area contributed by atoms with Gasteiger partial charge in [0.15, 0.2) is 0 Å². The molecular weight excluding hydrogens is 436 g/mol. The maximum atomic E-state index is 12.7. The lowest BCUT2D eigenvalue weighted by Crippen LogP contribution is -2.24. The van der Waals surface area contributed by atoms with Gasteiger partial charge in [0.25, 0.3) is 5.91 Å². The monoisotopic (exact) mass is 456 g/mol. The highest BCUT2D eigenvalue weighted by atomic mass is 35.5. The lowest BCUT2D eigenvalue weighted by molar-refractivity contribution is -0.117. The maximum Gasteiger partial charge on any atom is 0.261 e. The van der Waals surface area contributed by atoms with Crippen LogP contribution < -0.4 is 15.0 Å². The van der Waals surface area contributed by atoms with Crippen molar-refractivity contribution in [1.29, 1.82) is 0 Å². The zero-order valence-electron chi connectivity index (χ0n) is 17.1. The minimum atomic E-state index is -0.315. The van der Waals surface area contributed by atoms with Crippen molar-refractivity contribution in [3.8, 4) is 5.75 Å². The van der Waals surface area contributed by atoms with Crippen molar-refractivity contribution in [3.63, 3.8) is 0 Å². The molecule has 3 aromatic rings. The molecule has 1 aliphatic heterocycles. The summed E-state index contributed by atoms with van der Waals surface area (Å²) in [5.41, 5.74) is 2.16. The number of aryl methyl sites for hydroxylation is 1. The number of aromatic nitrogens is 2. The molecule has 1 fully saturated rings. The van der Waals surface area contributed by atoms with Gasteiger partial charge in [-0.2, -0.15) is 0 Å². The van der Waals surface area contributed by atoms with E-state index >= 15 is 0 Å². The van der Waals surface area contributed by atoms with Gasteiger partial charge in [-0.15, -0.1) is 10.2 Å². The molecule has 0 unspecified atom stereocenters. The van der Waals surface area contributed by atoms with E-state index in [4.69, 9.17) is 16.3 Å². The minimum Gasteiger partial charge on any atom is -0.493 e. The molecule has 1 aliphatic rings. The second-order valence-electron chi connectivity index (χ2n) is 7.17. The molecule has 1 atom stereocenters. The molecule has 1 saturated heterocycles. The summed E-state index contributed by atoms with van der Waals surface area (Å²) in [6.45, 7) is 4.74. The lowest BCUT2D eigenvalue weighted by atomic mass is 10.1. The third kappa shape index (κ3) is 4.55. The Labute approximate surface area is 189 Å². The standard InChI is InChI=1S/C22H21ClN4O3S/c1-3-30-18-7-5-4-6-16(18)20(29)24-22-26-25-21(31-22)14-10-19(28)27(12-14)15-9-8-13(2)17(23)11-15/h4-9,11,14H,3,10,12H2,1-2H3,(H,24,26,29)/t14-/m0/s1. The highest BCUT2D eigenvalue weighted by Gasteiger charge is 2.34. The van der Waals surface area contributed by atoms with Crippen LogP contribution in [0.2, 0.25) is 5.02 Å². The number of ether oxygens (including phenoxy) is 1. The number of nitrogens with one attached hydrogen (secondary N) is 1. The number of carbonyl (C=O) groups excluding carboxylic acids is 2. The van der Waals surface area contributed by atoms with E-state index in [1.807, 2.05) is 32.0 Å². The zero-order chi connectivity index (χ0) is 22.0. The Kier molecular flexibility index (Phi) is 6.20. The van der Waals surface area contributed by atoms with Crippen molar-refractivity contribution in [2.45, 2.75) is 26.2 Å². The van der Waals surface area contributed by atoms with E-state index in [0.29, 0.717) is 46.0 Å². The van der Waals surface area contributed by atoms with Gasteiger partial charge in [-0.05, 0) is 43.7 Å². The first-order chi connectivity index (χ1) is 15.0. The van der Waals surface area contributed by atoms with Crippen LogP contribution >= 0.6 is 22.9 Å². The molecular formula is C22H21ClN4O3S. The average Bonchev–Trinajstić information content (AvgIpc) is 3.37. The van der Waals surface area contributed by atoms with E-state index in [0.717, 1.165) is 11.3 Å². The molecule has 0 saturated carbocycles. The summed E-state index contributed by atoms with van der Waals surface area (Å²) in [4.78, 5) is 27.0. The molecule has 160 valence electrons. The molecule has 31 heavy (non-hydrogen) atoms. The van der Waals surface area contributed by atoms with E-state index in [-0.39, 0.29) is 17.7 Å². The van der Waals surface area contributed by atoms with Crippen LogP contribution in [-0.4, -0.2) is 35.2 Å². The van der Waals surface area contributed by atoms with Gasteiger partial charge in [-0.1, -0.05) is 41.1 Å². The second-order valence-corrected chi connectivity index (χ2v) is 8.58. The predicted octanol–water partition coefficient (Wildman–Crippen LogP) is 4.67. The Morgan fingerprint density at radius 3 is 2.87 bits per heavy atom. The third-order valence-electron chi connectivity index (χ3n) is 5.03. The molecule has 1 aromatic heterocycles. The fourth-order valence-electron chi connectivity index (χ4n) is 3.42. The number of para-hydroxylation sites is 1. The van der Waals surface area contributed by atoms with Crippen LogP contribution in [0.5, 0.6) is 5.75 Å². The summed E-state index contributed by atoms with van der Waals surface area (Å²) >= 11 is 7.50. The van der Waals surface area contributed by atoms with Gasteiger partial charge in [-0.25, -0.2) is 0 Å². The lowest BCUT2D eigenvalue weighted by Gasteiger charge is -2.17. The number of carbonyl (C=O) groups is 2. The van der Waals surface area contributed by atoms with Gasteiger partial charge < -0.3 is 9.64 Å². The number of nitrogens with zero attached hydrogens (tertiary/aromatic N) is 3. The van der Waals surface area contributed by atoms with Gasteiger partial charge in [0.1, 0.15) is 10.8 Å². The number of amides is 2. The number of benzene rings is 2. The molecule has 9 heteroatoms. The van der Waals surface area contributed by atoms with Crippen molar-refractivity contribution < 1.29 is 14.3 Å². The summed E-state index contributed by atoms with van der Waals surface area (Å²) in [7, 11) is 0. The van der Waals surface area contributed by atoms with Crippen molar-refractivity contribution in [2.75, 3.05) is 23.4 Å². The minimum absolute atomic E-state index is 0.0105. The molecule has 4 rings (SSSR count). The van der Waals surface area contributed by atoms with E-state index in [2.05, 4.69) is 15.5 Å². The Bertz CT molecular complexity index is 1130. The van der Waals surface area contributed by atoms with Crippen LogP contribution in [0.15, 0.2) is 42.5 Å². The fraction of sp³-hybridized carbons (Fsp3) is 0.273. The van der Waals surface area contributed by atoms with Crippen LogP contribution in [0.25, 0.3) is 0 Å². The first kappa shape index (κ1) is 21.3. The van der Waals surface area contributed by atoms with Gasteiger partial charge in [-0.3, -0.25) is 14.9 Å². The normalized spacial score (nSPS) is 15.9. The van der Waals surface area contributed by atoms with Gasteiger partial charge in [0.2, 0.25) is 11.0 Å². The van der Waals surface area contributed by atoms with Crippen molar-refractivity contribution >= 4 is 45.6 Å². The molecule has 1 N–H and O–H groups in total. The number of hydrogen-bond acceptors (Lipinski definition) is 6. The van der Waals surface area contributed by atoms with Gasteiger partial charge in [0, 0.05) is 29.6 Å². The molecule has 7 nitrogen and oxygen atoms in total. The number of anilines is 2. The van der Waals surface area contributed by atoms with Crippen molar-refractivity contribution in [1.82, 2.24) is 10.2 Å². The topological polar surface area (TPSA) is 84.4 Å². The van der Waals surface area contributed by atoms with Crippen LogP contribution in [0, 0.1) is 6.92 Å². The molecule has 0 aliphatic carbocycles. The quantitative estimate of drug-likeness (QED) is 0.582. The average molecular weight is 457 g/mol. The van der Waals surface area contributed by atoms with Crippen LogP contribution in [0.1, 0.15) is 40.2 Å². The molecule has 2 heterocycles. The Balaban J connectivity index is 1.46. The van der Waals surface area contributed by atoms with E-state index in [1.54, 1.807) is 29.2 Å². The third-order valence-corrected chi connectivity index (χ3v) is 6.44. The zero-order valence-corrected chi connectivity index (χ0v) is 18.7. The Morgan fingerprint density at radius 2 is 2.10 bits per heavy atom. The van der Waals surface area contributed by atoms with E-state index < -0.39 is 0 Å². The molecule has 0 radical (unpaired) electrons. The van der Waals surface area contributed by atoms with Crippen molar-refractivity contribution in [2.24, 2.45) is 0 Å². The summed E-state index contributed by atoms with van der Waals surface area (Å²) in [6, 6.07) is 12.6. The van der Waals surface area contributed by atoms with Gasteiger partial charge in [0.05, 0.1) is 12.2 Å². The number of hydrogen-bond donors (Lipinski definition) is 1. The number of rotatable bonds is 6. The Hall–Kier alpha value is -2.97. The van der Waals surface area contributed by atoms with Gasteiger partial charge >= 0.3 is 0 Å². The van der Waals surface area contributed by atoms with Crippen LogP contribution in [-0.2, 0) is 4.79 Å². The second kappa shape index (κ2) is 9.03. The number of halogens is 1.